The Balaban J connectivity index is 2.49. The van der Waals surface area contributed by atoms with Crippen molar-refractivity contribution in [2.24, 2.45) is 0 Å². The minimum absolute atomic E-state index is 0.126. The van der Waals surface area contributed by atoms with Crippen LogP contribution in [-0.4, -0.2) is 5.11 Å². The summed E-state index contributed by atoms with van der Waals surface area (Å²) in [6.07, 6.45) is 0. The topological polar surface area (TPSA) is 20.2 Å². The van der Waals surface area contributed by atoms with Gasteiger partial charge in [0.15, 0.2) is 0 Å². The average Bonchev–Trinajstić information content (AvgIpc) is 2.62. The molecule has 1 N–H and O–H groups in total. The first-order chi connectivity index (χ1) is 6.27. The molecule has 1 nitrogen and oxygen atoms in total. The van der Waals surface area contributed by atoms with Crippen LogP contribution in [0.25, 0.3) is 11.1 Å². The number of benzene rings is 1. The molecule has 13 heavy (non-hydrogen) atoms. The van der Waals surface area contributed by atoms with E-state index < -0.39 is 0 Å². The lowest BCUT2D eigenvalue weighted by Gasteiger charge is -2.00. The van der Waals surface area contributed by atoms with Gasteiger partial charge in [0.1, 0.15) is 5.75 Å². The summed E-state index contributed by atoms with van der Waals surface area (Å²) < 4.78 is 0. The van der Waals surface area contributed by atoms with E-state index in [0.29, 0.717) is 5.02 Å². The van der Waals surface area contributed by atoms with Gasteiger partial charge in [0, 0.05) is 0 Å². The highest BCUT2D eigenvalue weighted by atomic mass is 35.5. The molecule has 0 saturated carbocycles. The Labute approximate surface area is 85.2 Å². The Bertz CT molecular complexity index is 409. The summed E-state index contributed by atoms with van der Waals surface area (Å²) >= 11 is 7.42. The summed E-state index contributed by atoms with van der Waals surface area (Å²) in [6, 6.07) is 7.24. The molecule has 66 valence electrons. The molecule has 0 aliphatic carbocycles. The lowest BCUT2D eigenvalue weighted by molar-refractivity contribution is 0.475. The summed E-state index contributed by atoms with van der Waals surface area (Å²) in [5, 5.41) is 13.7. The maximum Gasteiger partial charge on any atom is 0.134 e. The van der Waals surface area contributed by atoms with Gasteiger partial charge in [0.05, 0.1) is 5.02 Å². The highest BCUT2D eigenvalue weighted by Crippen LogP contribution is 2.30. The second-order valence-corrected chi connectivity index (χ2v) is 3.87. The molecule has 2 rings (SSSR count). The maximum absolute atomic E-state index is 9.21. The lowest BCUT2D eigenvalue weighted by atomic mass is 10.1. The molecule has 0 fully saturated rings. The van der Waals surface area contributed by atoms with Crippen molar-refractivity contribution < 1.29 is 5.11 Å². The van der Waals surface area contributed by atoms with E-state index in [-0.39, 0.29) is 5.75 Å². The van der Waals surface area contributed by atoms with Crippen LogP contribution in [0.4, 0.5) is 0 Å². The highest BCUT2D eigenvalue weighted by molar-refractivity contribution is 7.08. The Morgan fingerprint density at radius 1 is 1.15 bits per heavy atom. The summed E-state index contributed by atoms with van der Waals surface area (Å²) in [4.78, 5) is 0. The quantitative estimate of drug-likeness (QED) is 0.760. The molecule has 0 bridgehead atoms. The molecule has 1 heterocycles. The van der Waals surface area contributed by atoms with Crippen molar-refractivity contribution in [1.29, 1.82) is 0 Å². The van der Waals surface area contributed by atoms with Crippen molar-refractivity contribution in [2.75, 3.05) is 0 Å². The Morgan fingerprint density at radius 2 is 2.00 bits per heavy atom. The van der Waals surface area contributed by atoms with E-state index in [0.717, 1.165) is 11.1 Å². The van der Waals surface area contributed by atoms with Crippen molar-refractivity contribution in [3.8, 4) is 16.9 Å². The van der Waals surface area contributed by atoms with E-state index in [2.05, 4.69) is 0 Å². The van der Waals surface area contributed by atoms with Crippen LogP contribution >= 0.6 is 22.9 Å². The number of hydrogen-bond donors (Lipinski definition) is 1. The van der Waals surface area contributed by atoms with Crippen molar-refractivity contribution in [3.63, 3.8) is 0 Å². The number of hydrogen-bond acceptors (Lipinski definition) is 2. The second kappa shape index (κ2) is 3.40. The minimum Gasteiger partial charge on any atom is -0.506 e. The van der Waals surface area contributed by atoms with Crippen LogP contribution in [-0.2, 0) is 0 Å². The fraction of sp³-hybridized carbons (Fsp3) is 0. The van der Waals surface area contributed by atoms with E-state index in [4.69, 9.17) is 11.6 Å². The van der Waals surface area contributed by atoms with Gasteiger partial charge < -0.3 is 5.11 Å². The van der Waals surface area contributed by atoms with Crippen molar-refractivity contribution in [3.05, 3.63) is 40.0 Å². The number of thiophene rings is 1. The molecule has 0 spiro atoms. The van der Waals surface area contributed by atoms with Crippen LogP contribution in [0.3, 0.4) is 0 Å². The molecular weight excluding hydrogens is 204 g/mol. The molecule has 0 saturated heterocycles. The summed E-state index contributed by atoms with van der Waals surface area (Å²) in [5.74, 6) is 0.126. The first-order valence-corrected chi connectivity index (χ1v) is 5.10. The van der Waals surface area contributed by atoms with Gasteiger partial charge >= 0.3 is 0 Å². The minimum atomic E-state index is 0.126. The third-order valence-electron chi connectivity index (χ3n) is 1.80. The molecule has 0 radical (unpaired) electrons. The van der Waals surface area contributed by atoms with Crippen LogP contribution in [0.1, 0.15) is 0 Å². The molecule has 0 unspecified atom stereocenters. The molecule has 0 aliphatic heterocycles. The first-order valence-electron chi connectivity index (χ1n) is 3.78. The fourth-order valence-electron chi connectivity index (χ4n) is 1.12. The van der Waals surface area contributed by atoms with Crippen molar-refractivity contribution >= 4 is 22.9 Å². The number of phenols is 1. The van der Waals surface area contributed by atoms with Gasteiger partial charge in [0.2, 0.25) is 0 Å². The second-order valence-electron chi connectivity index (χ2n) is 2.68. The molecular formula is C10H7ClOS. The first kappa shape index (κ1) is 8.60. The monoisotopic (exact) mass is 210 g/mol. The van der Waals surface area contributed by atoms with E-state index in [1.54, 1.807) is 23.5 Å². The number of halogens is 1. The number of phenolic OH excluding ortho intramolecular Hbond substituents is 1. The molecule has 2 aromatic rings. The van der Waals surface area contributed by atoms with Gasteiger partial charge in [-0.1, -0.05) is 17.7 Å². The normalized spacial score (nSPS) is 10.2. The van der Waals surface area contributed by atoms with Crippen LogP contribution < -0.4 is 0 Å². The van der Waals surface area contributed by atoms with Gasteiger partial charge in [-0.05, 0) is 40.1 Å². The third-order valence-corrected chi connectivity index (χ3v) is 2.79. The van der Waals surface area contributed by atoms with Gasteiger partial charge in [0.25, 0.3) is 0 Å². The molecule has 1 aromatic heterocycles. The van der Waals surface area contributed by atoms with E-state index in [9.17, 15) is 5.11 Å². The van der Waals surface area contributed by atoms with Crippen molar-refractivity contribution in [1.82, 2.24) is 0 Å². The SMILES string of the molecule is Oc1ccc(-c2ccsc2)cc1Cl. The summed E-state index contributed by atoms with van der Waals surface area (Å²) in [5.41, 5.74) is 2.16. The van der Waals surface area contributed by atoms with Gasteiger partial charge in [-0.2, -0.15) is 11.3 Å². The van der Waals surface area contributed by atoms with E-state index in [1.807, 2.05) is 22.9 Å². The lowest BCUT2D eigenvalue weighted by Crippen LogP contribution is -1.74. The van der Waals surface area contributed by atoms with Crippen LogP contribution in [0.2, 0.25) is 5.02 Å². The highest BCUT2D eigenvalue weighted by Gasteiger charge is 2.01. The zero-order valence-corrected chi connectivity index (χ0v) is 8.27. The average molecular weight is 211 g/mol. The molecule has 1 aromatic carbocycles. The summed E-state index contributed by atoms with van der Waals surface area (Å²) in [7, 11) is 0. The Morgan fingerprint density at radius 3 is 2.62 bits per heavy atom. The third kappa shape index (κ3) is 1.69. The maximum atomic E-state index is 9.21. The van der Waals surface area contributed by atoms with E-state index >= 15 is 0 Å². The van der Waals surface area contributed by atoms with Crippen LogP contribution in [0.15, 0.2) is 35.0 Å². The fourth-order valence-corrected chi connectivity index (χ4v) is 1.96. The van der Waals surface area contributed by atoms with Gasteiger partial charge in [-0.25, -0.2) is 0 Å². The molecule has 0 aliphatic rings. The standard InChI is InChI=1S/C10H7ClOS/c11-9-5-7(1-2-10(9)12)8-3-4-13-6-8/h1-6,12H. The Hall–Kier alpha value is -0.990. The number of aromatic hydroxyl groups is 1. The molecule has 0 atom stereocenters. The smallest absolute Gasteiger partial charge is 0.134 e. The zero-order valence-electron chi connectivity index (χ0n) is 6.70. The molecule has 3 heteroatoms. The van der Waals surface area contributed by atoms with Gasteiger partial charge in [-0.15, -0.1) is 0 Å². The van der Waals surface area contributed by atoms with Gasteiger partial charge in [-0.3, -0.25) is 0 Å². The number of rotatable bonds is 1. The van der Waals surface area contributed by atoms with Crippen molar-refractivity contribution in [2.45, 2.75) is 0 Å². The van der Waals surface area contributed by atoms with Crippen LogP contribution in [0.5, 0.6) is 5.75 Å². The molecule has 0 amide bonds. The predicted molar refractivity (Wildman–Crippen MR) is 56.4 cm³/mol. The van der Waals surface area contributed by atoms with E-state index in [1.165, 1.54) is 0 Å². The Kier molecular flexibility index (Phi) is 2.25. The zero-order chi connectivity index (χ0) is 9.26. The largest absolute Gasteiger partial charge is 0.506 e. The van der Waals surface area contributed by atoms with Crippen LogP contribution in [0, 0.1) is 0 Å². The summed E-state index contributed by atoms with van der Waals surface area (Å²) in [6.45, 7) is 0. The predicted octanol–water partition coefficient (Wildman–Crippen LogP) is 3.77.